The number of nitro groups is 1. The average molecular weight is 313 g/mol. The van der Waals surface area contributed by atoms with Crippen LogP contribution in [-0.2, 0) is 0 Å². The summed E-state index contributed by atoms with van der Waals surface area (Å²) in [6, 6.07) is 6.79. The van der Waals surface area contributed by atoms with Crippen molar-refractivity contribution in [2.45, 2.75) is 20.3 Å². The lowest BCUT2D eigenvalue weighted by atomic mass is 9.92. The third-order valence-corrected chi connectivity index (χ3v) is 3.04. The van der Waals surface area contributed by atoms with E-state index in [1.807, 2.05) is 0 Å². The van der Waals surface area contributed by atoms with Gasteiger partial charge in [-0.2, -0.15) is 5.26 Å². The molecule has 0 aliphatic carbocycles. The molecule has 96 valence electrons. The van der Waals surface area contributed by atoms with Crippen LogP contribution in [0.1, 0.15) is 20.3 Å². The van der Waals surface area contributed by atoms with Crippen molar-refractivity contribution in [3.8, 4) is 11.8 Å². The predicted molar refractivity (Wildman–Crippen MR) is 70.3 cm³/mol. The van der Waals surface area contributed by atoms with Gasteiger partial charge in [0.15, 0.2) is 0 Å². The van der Waals surface area contributed by atoms with E-state index in [0.29, 0.717) is 10.9 Å². The van der Waals surface area contributed by atoms with Gasteiger partial charge < -0.3 is 4.74 Å². The quantitative estimate of drug-likeness (QED) is 0.614. The maximum absolute atomic E-state index is 10.8. The van der Waals surface area contributed by atoms with Crippen LogP contribution >= 0.6 is 15.9 Å². The Hall–Kier alpha value is -1.61. The van der Waals surface area contributed by atoms with Crippen molar-refractivity contribution in [3.05, 3.63) is 32.8 Å². The molecule has 0 spiro atoms. The fourth-order valence-electron chi connectivity index (χ4n) is 1.25. The van der Waals surface area contributed by atoms with Gasteiger partial charge in [-0.25, -0.2) is 0 Å². The number of nitrogens with zero attached hydrogens (tertiary/aromatic N) is 2. The lowest BCUT2D eigenvalue weighted by Gasteiger charge is -2.15. The number of para-hydroxylation sites is 1. The highest BCUT2D eigenvalue weighted by atomic mass is 79.9. The predicted octanol–water partition coefficient (Wildman–Crippen LogP) is 3.68. The topological polar surface area (TPSA) is 76.2 Å². The highest BCUT2D eigenvalue weighted by Crippen LogP contribution is 2.35. The molecule has 0 fully saturated rings. The highest BCUT2D eigenvalue weighted by Gasteiger charge is 2.20. The molecule has 0 radical (unpaired) electrons. The Morgan fingerprint density at radius 1 is 1.56 bits per heavy atom. The molecule has 0 bridgehead atoms. The van der Waals surface area contributed by atoms with E-state index in [4.69, 9.17) is 10.00 Å². The molecule has 0 N–H and O–H groups in total. The van der Waals surface area contributed by atoms with Crippen LogP contribution in [0.4, 0.5) is 5.69 Å². The Balaban J connectivity index is 2.80. The minimum Gasteiger partial charge on any atom is -0.486 e. The van der Waals surface area contributed by atoms with Crippen LogP contribution < -0.4 is 4.74 Å². The van der Waals surface area contributed by atoms with Crippen molar-refractivity contribution in [2.24, 2.45) is 5.41 Å². The molecular formula is C12H13BrN2O3. The maximum Gasteiger partial charge on any atom is 0.312 e. The molecule has 5 nitrogen and oxygen atoms in total. The van der Waals surface area contributed by atoms with Crippen molar-refractivity contribution in [2.75, 3.05) is 6.61 Å². The number of nitriles is 1. The summed E-state index contributed by atoms with van der Waals surface area (Å²) < 4.78 is 5.96. The number of ether oxygens (including phenoxy) is 1. The minimum atomic E-state index is -0.504. The fraction of sp³-hybridized carbons (Fsp3) is 0.417. The van der Waals surface area contributed by atoms with Crippen LogP contribution in [0.15, 0.2) is 22.7 Å². The minimum absolute atomic E-state index is 0.0841. The first kappa shape index (κ1) is 14.5. The Morgan fingerprint density at radius 2 is 2.22 bits per heavy atom. The molecule has 0 heterocycles. The zero-order chi connectivity index (χ0) is 13.8. The number of nitro benzene ring substituents is 1. The molecule has 0 saturated carbocycles. The Morgan fingerprint density at radius 3 is 2.78 bits per heavy atom. The summed E-state index contributed by atoms with van der Waals surface area (Å²) in [4.78, 5) is 10.4. The Labute approximate surface area is 114 Å². The van der Waals surface area contributed by atoms with Crippen LogP contribution in [-0.4, -0.2) is 11.5 Å². The normalized spacial score (nSPS) is 10.8. The summed E-state index contributed by atoms with van der Waals surface area (Å²) in [7, 11) is 0. The van der Waals surface area contributed by atoms with Crippen molar-refractivity contribution < 1.29 is 9.66 Å². The molecule has 1 aromatic carbocycles. The summed E-state index contributed by atoms with van der Waals surface area (Å²) in [6.07, 6.45) is 0.502. The van der Waals surface area contributed by atoms with Gasteiger partial charge in [0.1, 0.15) is 0 Å². The molecule has 0 saturated heterocycles. The summed E-state index contributed by atoms with van der Waals surface area (Å²) in [6.45, 7) is 3.85. The van der Waals surface area contributed by atoms with Gasteiger partial charge in [0.05, 0.1) is 27.5 Å². The van der Waals surface area contributed by atoms with E-state index in [9.17, 15) is 10.1 Å². The monoisotopic (exact) mass is 312 g/mol. The molecule has 6 heteroatoms. The van der Waals surface area contributed by atoms with Gasteiger partial charge in [0.25, 0.3) is 0 Å². The lowest BCUT2D eigenvalue weighted by Crippen LogP contribution is -2.13. The standard InChI is InChI=1S/C12H13BrN2O3/c1-12(2,8-14)6-7-18-11-9(13)4-3-5-10(11)15(16)17/h3-5H,6-7H2,1-2H3. The average Bonchev–Trinajstić information content (AvgIpc) is 2.30. The van der Waals surface area contributed by atoms with E-state index >= 15 is 0 Å². The van der Waals surface area contributed by atoms with Crippen LogP contribution in [0.5, 0.6) is 5.75 Å². The van der Waals surface area contributed by atoms with Gasteiger partial charge in [0.2, 0.25) is 5.75 Å². The van der Waals surface area contributed by atoms with Gasteiger partial charge >= 0.3 is 5.69 Å². The molecule has 0 aliphatic rings. The second-order valence-electron chi connectivity index (χ2n) is 4.44. The van der Waals surface area contributed by atoms with E-state index < -0.39 is 10.3 Å². The Bertz CT molecular complexity index is 495. The Kier molecular flexibility index (Phi) is 4.68. The number of hydrogen-bond acceptors (Lipinski definition) is 4. The highest BCUT2D eigenvalue weighted by molar-refractivity contribution is 9.10. The van der Waals surface area contributed by atoms with E-state index in [2.05, 4.69) is 22.0 Å². The van der Waals surface area contributed by atoms with E-state index in [0.717, 1.165) is 0 Å². The largest absolute Gasteiger partial charge is 0.486 e. The van der Waals surface area contributed by atoms with Crippen LogP contribution in [0.3, 0.4) is 0 Å². The summed E-state index contributed by atoms with van der Waals surface area (Å²) in [5, 5.41) is 19.7. The second-order valence-corrected chi connectivity index (χ2v) is 5.29. The van der Waals surface area contributed by atoms with Crippen molar-refractivity contribution in [1.29, 1.82) is 5.26 Å². The summed E-state index contributed by atoms with van der Waals surface area (Å²) >= 11 is 3.22. The van der Waals surface area contributed by atoms with Gasteiger partial charge in [-0.05, 0) is 42.3 Å². The molecule has 0 aliphatic heterocycles. The number of hydrogen-bond donors (Lipinski definition) is 0. The van der Waals surface area contributed by atoms with E-state index in [1.165, 1.54) is 6.07 Å². The molecule has 1 aromatic rings. The van der Waals surface area contributed by atoms with E-state index in [1.54, 1.807) is 26.0 Å². The van der Waals surface area contributed by atoms with E-state index in [-0.39, 0.29) is 18.0 Å². The first-order valence-electron chi connectivity index (χ1n) is 5.34. The van der Waals surface area contributed by atoms with Gasteiger partial charge in [-0.15, -0.1) is 0 Å². The van der Waals surface area contributed by atoms with Crippen LogP contribution in [0, 0.1) is 26.9 Å². The van der Waals surface area contributed by atoms with Crippen molar-refractivity contribution in [1.82, 2.24) is 0 Å². The van der Waals surface area contributed by atoms with Crippen molar-refractivity contribution in [3.63, 3.8) is 0 Å². The molecule has 0 atom stereocenters. The number of rotatable bonds is 5. The fourth-order valence-corrected chi connectivity index (χ4v) is 1.72. The number of halogens is 1. The molecule has 0 unspecified atom stereocenters. The third kappa shape index (κ3) is 3.70. The lowest BCUT2D eigenvalue weighted by molar-refractivity contribution is -0.386. The smallest absolute Gasteiger partial charge is 0.312 e. The van der Waals surface area contributed by atoms with Gasteiger partial charge in [0, 0.05) is 6.07 Å². The third-order valence-electron chi connectivity index (χ3n) is 2.42. The SMILES string of the molecule is CC(C)(C#N)CCOc1c(Br)cccc1[N+](=O)[O-]. The molecular weight excluding hydrogens is 300 g/mol. The molecule has 18 heavy (non-hydrogen) atoms. The molecule has 0 amide bonds. The zero-order valence-corrected chi connectivity index (χ0v) is 11.7. The second kappa shape index (κ2) is 5.83. The van der Waals surface area contributed by atoms with Crippen LogP contribution in [0.25, 0.3) is 0 Å². The maximum atomic E-state index is 10.8. The molecule has 0 aromatic heterocycles. The first-order chi connectivity index (χ1) is 8.37. The summed E-state index contributed by atoms with van der Waals surface area (Å²) in [5.41, 5.74) is -0.588. The van der Waals surface area contributed by atoms with Crippen LogP contribution in [0.2, 0.25) is 0 Å². The summed E-state index contributed by atoms with van der Waals surface area (Å²) in [5.74, 6) is 0.205. The number of benzene rings is 1. The molecule has 1 rings (SSSR count). The van der Waals surface area contributed by atoms with Gasteiger partial charge in [-0.1, -0.05) is 6.07 Å². The zero-order valence-electron chi connectivity index (χ0n) is 10.1. The van der Waals surface area contributed by atoms with Crippen molar-refractivity contribution >= 4 is 21.6 Å². The first-order valence-corrected chi connectivity index (χ1v) is 6.13. The van der Waals surface area contributed by atoms with Gasteiger partial charge in [-0.3, -0.25) is 10.1 Å².